The third kappa shape index (κ3) is 2.51. The van der Waals surface area contributed by atoms with Crippen LogP contribution in [-0.4, -0.2) is 15.3 Å². The Morgan fingerprint density at radius 3 is 3.00 bits per heavy atom. The smallest absolute Gasteiger partial charge is 0.162 e. The predicted octanol–water partition coefficient (Wildman–Crippen LogP) is 2.51. The van der Waals surface area contributed by atoms with Gasteiger partial charge in [-0.05, 0) is 23.4 Å². The number of benzene rings is 1. The summed E-state index contributed by atoms with van der Waals surface area (Å²) in [5.74, 6) is 0. The largest absolute Gasteiger partial charge is 0.345 e. The number of rotatable bonds is 2. The van der Waals surface area contributed by atoms with E-state index in [1.54, 1.807) is 12.1 Å². The number of nitrogens with one attached hydrogen (secondary N) is 1. The molecule has 0 radical (unpaired) electrons. The summed E-state index contributed by atoms with van der Waals surface area (Å²) in [6, 6.07) is 7.23. The van der Waals surface area contributed by atoms with Crippen molar-refractivity contribution in [2.75, 3.05) is 5.32 Å². The molecule has 2 rings (SSSR count). The average Bonchev–Trinajstić information content (AvgIpc) is 2.70. The normalized spacial score (nSPS) is 9.93. The highest BCUT2D eigenvalue weighted by Crippen LogP contribution is 2.15. The lowest BCUT2D eigenvalue weighted by atomic mass is 10.3. The summed E-state index contributed by atoms with van der Waals surface area (Å²) in [5.41, 5.74) is 1.29. The number of aromatic nitrogens is 2. The topological polar surface area (TPSA) is 51.0 Å². The van der Waals surface area contributed by atoms with E-state index >= 15 is 0 Å². The SMILES string of the molecule is S=C(Nc1cccc(Cl)c1)c1cnon1. The second-order valence-corrected chi connectivity index (χ2v) is 3.60. The maximum atomic E-state index is 5.82. The minimum atomic E-state index is 0.443. The summed E-state index contributed by atoms with van der Waals surface area (Å²) < 4.78 is 4.44. The summed E-state index contributed by atoms with van der Waals surface area (Å²) >= 11 is 10.9. The lowest BCUT2D eigenvalue weighted by molar-refractivity contribution is 0.306. The van der Waals surface area contributed by atoms with E-state index in [2.05, 4.69) is 20.3 Å². The zero-order valence-electron chi connectivity index (χ0n) is 7.48. The number of hydrogen-bond donors (Lipinski definition) is 1. The van der Waals surface area contributed by atoms with E-state index in [1.807, 2.05) is 12.1 Å². The maximum Gasteiger partial charge on any atom is 0.162 e. The molecule has 6 heteroatoms. The number of halogens is 1. The van der Waals surface area contributed by atoms with E-state index in [9.17, 15) is 0 Å². The Morgan fingerprint density at radius 1 is 1.47 bits per heavy atom. The van der Waals surface area contributed by atoms with Gasteiger partial charge in [0.15, 0.2) is 5.69 Å². The number of thiocarbonyl (C=S) groups is 1. The van der Waals surface area contributed by atoms with Crippen LogP contribution in [0.15, 0.2) is 35.1 Å². The highest BCUT2D eigenvalue weighted by atomic mass is 35.5. The fourth-order valence-electron chi connectivity index (χ4n) is 1.03. The number of anilines is 1. The highest BCUT2D eigenvalue weighted by molar-refractivity contribution is 7.81. The quantitative estimate of drug-likeness (QED) is 0.816. The predicted molar refractivity (Wildman–Crippen MR) is 61.1 cm³/mol. The average molecular weight is 240 g/mol. The van der Waals surface area contributed by atoms with Crippen LogP contribution in [0, 0.1) is 0 Å². The van der Waals surface area contributed by atoms with Crippen molar-refractivity contribution in [3.05, 3.63) is 41.2 Å². The molecule has 0 aliphatic rings. The van der Waals surface area contributed by atoms with Crippen molar-refractivity contribution in [3.8, 4) is 0 Å². The molecule has 76 valence electrons. The van der Waals surface area contributed by atoms with E-state index in [4.69, 9.17) is 23.8 Å². The summed E-state index contributed by atoms with van der Waals surface area (Å²) in [4.78, 5) is 0.443. The summed E-state index contributed by atoms with van der Waals surface area (Å²) in [5, 5.41) is 10.7. The minimum absolute atomic E-state index is 0.443. The van der Waals surface area contributed by atoms with Crippen molar-refractivity contribution >= 4 is 34.5 Å². The van der Waals surface area contributed by atoms with Gasteiger partial charge in [-0.3, -0.25) is 0 Å². The van der Waals surface area contributed by atoms with Crippen molar-refractivity contribution in [1.82, 2.24) is 10.3 Å². The molecule has 0 saturated heterocycles. The number of nitrogens with zero attached hydrogens (tertiary/aromatic N) is 2. The maximum absolute atomic E-state index is 5.82. The second kappa shape index (κ2) is 4.37. The van der Waals surface area contributed by atoms with Crippen LogP contribution in [0.25, 0.3) is 0 Å². The van der Waals surface area contributed by atoms with E-state index < -0.39 is 0 Å². The molecule has 1 aromatic carbocycles. The first-order chi connectivity index (χ1) is 7.25. The van der Waals surface area contributed by atoms with E-state index in [1.165, 1.54) is 6.20 Å². The Kier molecular flexibility index (Phi) is 2.94. The van der Waals surface area contributed by atoms with Crippen LogP contribution in [0.4, 0.5) is 5.69 Å². The van der Waals surface area contributed by atoms with E-state index in [0.29, 0.717) is 15.7 Å². The van der Waals surface area contributed by atoms with Crippen molar-refractivity contribution in [2.24, 2.45) is 0 Å². The molecule has 1 aromatic heterocycles. The summed E-state index contributed by atoms with van der Waals surface area (Å²) in [6.07, 6.45) is 1.44. The third-order valence-corrected chi connectivity index (χ3v) is 2.22. The molecule has 0 saturated carbocycles. The Hall–Kier alpha value is -1.46. The standard InChI is InChI=1S/C9H6ClN3OS/c10-6-2-1-3-7(4-6)12-9(15)8-5-11-14-13-8/h1-5H,(H,12,15). The fourth-order valence-corrected chi connectivity index (χ4v) is 1.42. The van der Waals surface area contributed by atoms with Gasteiger partial charge in [0.05, 0.1) is 0 Å². The molecule has 2 aromatic rings. The van der Waals surface area contributed by atoms with Crippen molar-refractivity contribution < 1.29 is 4.63 Å². The van der Waals surface area contributed by atoms with Gasteiger partial charge in [0.1, 0.15) is 11.2 Å². The van der Waals surface area contributed by atoms with Crippen LogP contribution in [0.1, 0.15) is 5.69 Å². The lowest BCUT2D eigenvalue weighted by Crippen LogP contribution is -2.10. The van der Waals surface area contributed by atoms with Gasteiger partial charge in [0, 0.05) is 10.7 Å². The molecule has 0 spiro atoms. The Balaban J connectivity index is 2.13. The molecule has 0 bridgehead atoms. The van der Waals surface area contributed by atoms with Gasteiger partial charge in [-0.25, -0.2) is 4.63 Å². The molecule has 1 N–H and O–H groups in total. The first-order valence-corrected chi connectivity index (χ1v) is 4.89. The monoisotopic (exact) mass is 239 g/mol. The zero-order chi connectivity index (χ0) is 10.7. The molecule has 4 nitrogen and oxygen atoms in total. The molecule has 0 unspecified atom stereocenters. The van der Waals surface area contributed by atoms with Gasteiger partial charge in [-0.2, -0.15) is 0 Å². The van der Waals surface area contributed by atoms with Crippen LogP contribution < -0.4 is 5.32 Å². The first kappa shape index (κ1) is 10.1. The van der Waals surface area contributed by atoms with Crippen LogP contribution in [-0.2, 0) is 0 Å². The van der Waals surface area contributed by atoms with E-state index in [0.717, 1.165) is 5.69 Å². The molecule has 0 aliphatic carbocycles. The first-order valence-electron chi connectivity index (χ1n) is 4.10. The van der Waals surface area contributed by atoms with Crippen LogP contribution in [0.3, 0.4) is 0 Å². The van der Waals surface area contributed by atoms with Crippen LogP contribution in [0.2, 0.25) is 5.02 Å². The molecular weight excluding hydrogens is 234 g/mol. The minimum Gasteiger partial charge on any atom is -0.345 e. The Bertz CT molecular complexity index is 472. The fraction of sp³-hybridized carbons (Fsp3) is 0. The molecular formula is C9H6ClN3OS. The van der Waals surface area contributed by atoms with E-state index in [-0.39, 0.29) is 0 Å². The van der Waals surface area contributed by atoms with Gasteiger partial charge in [0.2, 0.25) is 0 Å². The van der Waals surface area contributed by atoms with Crippen LogP contribution >= 0.6 is 23.8 Å². The second-order valence-electron chi connectivity index (χ2n) is 2.76. The zero-order valence-corrected chi connectivity index (χ0v) is 9.05. The van der Waals surface area contributed by atoms with Gasteiger partial charge in [0.25, 0.3) is 0 Å². The molecule has 0 amide bonds. The molecule has 15 heavy (non-hydrogen) atoms. The summed E-state index contributed by atoms with van der Waals surface area (Å²) in [6.45, 7) is 0. The molecule has 0 atom stereocenters. The summed E-state index contributed by atoms with van der Waals surface area (Å²) in [7, 11) is 0. The third-order valence-electron chi connectivity index (χ3n) is 1.68. The van der Waals surface area contributed by atoms with Gasteiger partial charge in [-0.1, -0.05) is 35.0 Å². The van der Waals surface area contributed by atoms with Gasteiger partial charge < -0.3 is 5.32 Å². The highest BCUT2D eigenvalue weighted by Gasteiger charge is 2.05. The van der Waals surface area contributed by atoms with Crippen molar-refractivity contribution in [1.29, 1.82) is 0 Å². The van der Waals surface area contributed by atoms with Crippen molar-refractivity contribution in [3.63, 3.8) is 0 Å². The van der Waals surface area contributed by atoms with Crippen LogP contribution in [0.5, 0.6) is 0 Å². The Labute approximate surface area is 96.2 Å². The lowest BCUT2D eigenvalue weighted by Gasteiger charge is -2.04. The molecule has 0 fully saturated rings. The molecule has 0 aliphatic heterocycles. The van der Waals surface area contributed by atoms with Gasteiger partial charge >= 0.3 is 0 Å². The van der Waals surface area contributed by atoms with Gasteiger partial charge in [-0.15, -0.1) is 0 Å². The Morgan fingerprint density at radius 2 is 2.33 bits per heavy atom. The molecule has 1 heterocycles. The number of hydrogen-bond acceptors (Lipinski definition) is 4. The van der Waals surface area contributed by atoms with Crippen molar-refractivity contribution in [2.45, 2.75) is 0 Å².